The Balaban J connectivity index is 0.948. The number of piperidine rings is 1. The Hall–Kier alpha value is -3.14. The van der Waals surface area contributed by atoms with Gasteiger partial charge in [-0.1, -0.05) is 24.6 Å². The van der Waals surface area contributed by atoms with Crippen molar-refractivity contribution in [3.63, 3.8) is 0 Å². The fraction of sp³-hybridized carbons (Fsp3) is 0.579. The van der Waals surface area contributed by atoms with Gasteiger partial charge in [0.15, 0.2) is 0 Å². The second-order valence-corrected chi connectivity index (χ2v) is 15.7. The Morgan fingerprint density at radius 1 is 1.00 bits per heavy atom. The second-order valence-electron chi connectivity index (χ2n) is 15.7. The van der Waals surface area contributed by atoms with Gasteiger partial charge in [-0.3, -0.25) is 14.6 Å². The molecule has 6 fully saturated rings. The zero-order valence-electron chi connectivity index (χ0n) is 26.2. The van der Waals surface area contributed by atoms with E-state index in [0.717, 1.165) is 57.0 Å². The van der Waals surface area contributed by atoms with E-state index in [-0.39, 0.29) is 17.2 Å². The summed E-state index contributed by atoms with van der Waals surface area (Å²) in [6.45, 7) is 8.46. The fourth-order valence-corrected chi connectivity index (χ4v) is 9.74. The number of rotatable bonds is 6. The topological polar surface area (TPSA) is 66.4 Å². The summed E-state index contributed by atoms with van der Waals surface area (Å²) < 4.78 is 0. The molecule has 2 spiro atoms. The molecule has 1 amide bonds. The van der Waals surface area contributed by atoms with Crippen molar-refractivity contribution in [2.45, 2.75) is 89.3 Å². The maximum Gasteiger partial charge on any atom is 0.253 e. The number of fused-ring (bicyclic) bond motifs is 1. The summed E-state index contributed by atoms with van der Waals surface area (Å²) >= 11 is 0. The number of hydrogen-bond acceptors (Lipinski definition) is 4. The van der Waals surface area contributed by atoms with Crippen LogP contribution in [0.3, 0.4) is 0 Å². The number of hydrogen-bond donors (Lipinski definition) is 1. The SMILES string of the molecule is Cc1cc(C2CC2)c(CN2CCC3(CC(C#N)C3)CC2c2ccc(C(=O)N3CC4(C3)CN(C3CCC3)C4)cc2)c2cc[nH]c12. The van der Waals surface area contributed by atoms with Crippen LogP contribution in [0.1, 0.15) is 102 Å². The number of carbonyl (C=O) groups is 1. The molecule has 1 atom stereocenters. The summed E-state index contributed by atoms with van der Waals surface area (Å²) in [5.74, 6) is 1.12. The first-order chi connectivity index (χ1) is 21.4. The quantitative estimate of drug-likeness (QED) is 0.340. The third kappa shape index (κ3) is 4.37. The average Bonchev–Trinajstić information content (AvgIpc) is 3.67. The van der Waals surface area contributed by atoms with Gasteiger partial charge in [0.2, 0.25) is 0 Å². The van der Waals surface area contributed by atoms with Crippen LogP contribution >= 0.6 is 0 Å². The zero-order valence-corrected chi connectivity index (χ0v) is 26.2. The Morgan fingerprint density at radius 3 is 2.45 bits per heavy atom. The van der Waals surface area contributed by atoms with Crippen LogP contribution in [-0.2, 0) is 6.54 Å². The minimum atomic E-state index is 0.195. The van der Waals surface area contributed by atoms with Crippen molar-refractivity contribution in [1.29, 1.82) is 5.26 Å². The molecule has 228 valence electrons. The number of nitrogens with zero attached hydrogens (tertiary/aromatic N) is 4. The fourth-order valence-electron chi connectivity index (χ4n) is 9.74. The smallest absolute Gasteiger partial charge is 0.253 e. The molecule has 6 nitrogen and oxygen atoms in total. The minimum Gasteiger partial charge on any atom is -0.361 e. The Labute approximate surface area is 261 Å². The van der Waals surface area contributed by atoms with Crippen LogP contribution in [-0.4, -0.2) is 64.4 Å². The maximum absolute atomic E-state index is 13.5. The highest BCUT2D eigenvalue weighted by Crippen LogP contribution is 2.57. The van der Waals surface area contributed by atoms with Gasteiger partial charge in [-0.05, 0) is 117 Å². The molecule has 3 saturated heterocycles. The maximum atomic E-state index is 13.5. The Bertz CT molecular complexity index is 1640. The van der Waals surface area contributed by atoms with Crippen LogP contribution in [0, 0.1) is 35.0 Å². The van der Waals surface area contributed by atoms with Gasteiger partial charge >= 0.3 is 0 Å². The molecular formula is C38H45N5O. The van der Waals surface area contributed by atoms with E-state index in [1.165, 1.54) is 79.2 Å². The molecular weight excluding hydrogens is 542 g/mol. The van der Waals surface area contributed by atoms with Gasteiger partial charge < -0.3 is 9.88 Å². The highest BCUT2D eigenvalue weighted by molar-refractivity contribution is 5.95. The Morgan fingerprint density at radius 2 is 1.77 bits per heavy atom. The first-order valence-corrected chi connectivity index (χ1v) is 17.3. The van der Waals surface area contributed by atoms with Crippen LogP contribution < -0.4 is 0 Å². The predicted molar refractivity (Wildman–Crippen MR) is 172 cm³/mol. The monoisotopic (exact) mass is 587 g/mol. The normalized spacial score (nSPS) is 30.0. The average molecular weight is 588 g/mol. The lowest BCUT2D eigenvalue weighted by Gasteiger charge is -2.63. The van der Waals surface area contributed by atoms with Crippen molar-refractivity contribution in [2.24, 2.45) is 16.7 Å². The third-order valence-corrected chi connectivity index (χ3v) is 12.7. The Kier molecular flexibility index (Phi) is 6.14. The summed E-state index contributed by atoms with van der Waals surface area (Å²) in [5.41, 5.74) is 8.48. The number of nitriles is 1. The van der Waals surface area contributed by atoms with Crippen LogP contribution in [0.2, 0.25) is 0 Å². The molecule has 44 heavy (non-hydrogen) atoms. The lowest BCUT2D eigenvalue weighted by atomic mass is 9.56. The van der Waals surface area contributed by atoms with Gasteiger partial charge in [-0.15, -0.1) is 0 Å². The van der Waals surface area contributed by atoms with Crippen molar-refractivity contribution in [2.75, 3.05) is 32.7 Å². The van der Waals surface area contributed by atoms with Gasteiger partial charge in [0, 0.05) is 78.8 Å². The van der Waals surface area contributed by atoms with Crippen molar-refractivity contribution in [3.05, 3.63) is 70.4 Å². The van der Waals surface area contributed by atoms with Gasteiger partial charge in [-0.2, -0.15) is 5.26 Å². The molecule has 1 aromatic heterocycles. The molecule has 1 unspecified atom stereocenters. The molecule has 1 N–H and O–H groups in total. The number of likely N-dealkylation sites (tertiary alicyclic amines) is 3. The van der Waals surface area contributed by atoms with Crippen LogP contribution in [0.4, 0.5) is 0 Å². The minimum absolute atomic E-state index is 0.195. The molecule has 9 rings (SSSR count). The van der Waals surface area contributed by atoms with Gasteiger partial charge in [0.1, 0.15) is 0 Å². The summed E-state index contributed by atoms with van der Waals surface area (Å²) in [6, 6.07) is 17.1. The predicted octanol–water partition coefficient (Wildman–Crippen LogP) is 6.92. The molecule has 3 aromatic rings. The number of benzene rings is 2. The standard InChI is InChI=1S/C38H45N5O/c1-25-15-32(27-5-6-27)33(31-11-13-40-35(25)31)20-41-14-12-37(16-26(17-37)19-39)18-34(41)28-7-9-29(10-8-28)36(44)43-23-38(24-43)21-42(22-38)30-3-2-4-30/h7-11,13,15,26-27,30,34,40H,2-6,12,14,16-18,20-24H2,1H3. The van der Waals surface area contributed by atoms with E-state index < -0.39 is 0 Å². The number of aromatic amines is 1. The van der Waals surface area contributed by atoms with E-state index >= 15 is 0 Å². The van der Waals surface area contributed by atoms with Gasteiger partial charge in [0.05, 0.1) is 6.07 Å². The number of nitrogens with one attached hydrogen (secondary N) is 1. The van der Waals surface area contributed by atoms with E-state index in [4.69, 9.17) is 0 Å². The van der Waals surface area contributed by atoms with E-state index in [1.54, 1.807) is 5.56 Å². The molecule has 6 aliphatic rings. The van der Waals surface area contributed by atoms with E-state index in [9.17, 15) is 10.1 Å². The second kappa shape index (κ2) is 9.93. The summed E-state index contributed by atoms with van der Waals surface area (Å²) in [7, 11) is 0. The molecule has 6 heteroatoms. The lowest BCUT2D eigenvalue weighted by molar-refractivity contribution is -0.125. The first kappa shape index (κ1) is 27.2. The third-order valence-electron chi connectivity index (χ3n) is 12.7. The van der Waals surface area contributed by atoms with Crippen molar-refractivity contribution < 1.29 is 4.79 Å². The lowest BCUT2D eigenvalue weighted by Crippen LogP contribution is -2.74. The largest absolute Gasteiger partial charge is 0.361 e. The molecule has 3 saturated carbocycles. The van der Waals surface area contributed by atoms with E-state index in [1.807, 2.05) is 0 Å². The highest BCUT2D eigenvalue weighted by atomic mass is 16.2. The van der Waals surface area contributed by atoms with Crippen molar-refractivity contribution >= 4 is 16.8 Å². The first-order valence-electron chi connectivity index (χ1n) is 17.3. The number of H-pyrrole nitrogens is 1. The number of aromatic nitrogens is 1. The van der Waals surface area contributed by atoms with Crippen LogP contribution in [0.25, 0.3) is 10.9 Å². The van der Waals surface area contributed by atoms with E-state index in [0.29, 0.717) is 17.4 Å². The molecule has 3 aliphatic heterocycles. The van der Waals surface area contributed by atoms with Crippen molar-refractivity contribution in [3.8, 4) is 6.07 Å². The number of amides is 1. The summed E-state index contributed by atoms with van der Waals surface area (Å²) in [5, 5.41) is 11.0. The molecule has 0 bridgehead atoms. The number of aryl methyl sites for hydroxylation is 1. The molecule has 4 heterocycles. The van der Waals surface area contributed by atoms with Crippen molar-refractivity contribution in [1.82, 2.24) is 19.7 Å². The van der Waals surface area contributed by atoms with Gasteiger partial charge in [0.25, 0.3) is 5.91 Å². The number of carbonyl (C=O) groups excluding carboxylic acids is 1. The highest BCUT2D eigenvalue weighted by Gasteiger charge is 2.55. The zero-order chi connectivity index (χ0) is 29.6. The summed E-state index contributed by atoms with van der Waals surface area (Å²) in [4.78, 5) is 24.4. The van der Waals surface area contributed by atoms with E-state index in [2.05, 4.69) is 75.3 Å². The molecule has 3 aliphatic carbocycles. The summed E-state index contributed by atoms with van der Waals surface area (Å²) in [6.07, 6.45) is 13.2. The van der Waals surface area contributed by atoms with Crippen LogP contribution in [0.15, 0.2) is 42.6 Å². The molecule has 0 radical (unpaired) electrons. The molecule has 2 aromatic carbocycles. The van der Waals surface area contributed by atoms with Gasteiger partial charge in [-0.25, -0.2) is 0 Å². The van der Waals surface area contributed by atoms with Crippen LogP contribution in [0.5, 0.6) is 0 Å².